The van der Waals surface area contributed by atoms with Gasteiger partial charge in [-0.1, -0.05) is 78.3 Å². The van der Waals surface area contributed by atoms with E-state index < -0.39 is 126 Å². The summed E-state index contributed by atoms with van der Waals surface area (Å²) in [6.07, 6.45) is 0.694. The van der Waals surface area contributed by atoms with Crippen LogP contribution in [0.2, 0.25) is 0 Å². The Labute approximate surface area is 465 Å². The van der Waals surface area contributed by atoms with E-state index in [0.29, 0.717) is 34.9 Å². The minimum atomic E-state index is -1.77. The van der Waals surface area contributed by atoms with Gasteiger partial charge in [0.15, 0.2) is 5.96 Å². The van der Waals surface area contributed by atoms with Crippen LogP contribution in [-0.2, 0) is 56.0 Å². The van der Waals surface area contributed by atoms with Gasteiger partial charge in [0.2, 0.25) is 47.3 Å². The highest BCUT2D eigenvalue weighted by Crippen LogP contribution is 2.20. The topological polar surface area (TPSA) is 437 Å². The molecule has 1 aromatic heterocycles. The summed E-state index contributed by atoms with van der Waals surface area (Å²) in [4.78, 5) is 130. The number of aromatic hydroxyl groups is 1. The molecule has 11 unspecified atom stereocenters. The normalized spacial score (nSPS) is 15.5. The van der Waals surface area contributed by atoms with Crippen molar-refractivity contribution in [2.75, 3.05) is 13.2 Å². The van der Waals surface area contributed by atoms with Crippen LogP contribution in [0, 0.1) is 17.8 Å². The first kappa shape index (κ1) is 66.4. The quantitative estimate of drug-likeness (QED) is 0.0188. The average Bonchev–Trinajstić information content (AvgIpc) is 3.80. The monoisotopic (exact) mass is 1120 g/mol. The standard InChI is InChI=1S/C54H83N13O13/c1-9-29(6)43(66-49(75)39(22-28(4)5)62-46(72)36(55)21-27(2)3)51(77)64-40(23-32-16-18-34(70)19-17-32)48(74)63-41(24-33-25-59-37-14-11-10-13-35(33)37)47(73)60-30(7)45(71)65-42(26-68)50(76)67-44(31(8)69)52(78)61-38(53(79)80)15-12-20-58-54(56)57/h10-11,13-14,16-19,25,27-31,36,38-44,59,68-70H,9,12,15,20-24,26,55H2,1-8H3,(H,60,73)(H,61,78)(H,62,72)(H,63,74)(H,64,77)(H,65,71)(H,66,75)(H,67,76)(H,79,80)(H4,56,57,58). The summed E-state index contributed by atoms with van der Waals surface area (Å²) in [5.74, 6) is -9.15. The van der Waals surface area contributed by atoms with Crippen molar-refractivity contribution in [1.29, 1.82) is 0 Å². The summed E-state index contributed by atoms with van der Waals surface area (Å²) < 4.78 is 0. The molecule has 442 valence electrons. The van der Waals surface area contributed by atoms with Crippen LogP contribution in [0.1, 0.15) is 98.6 Å². The Balaban J connectivity index is 1.92. The van der Waals surface area contributed by atoms with Gasteiger partial charge in [0.1, 0.15) is 54.1 Å². The van der Waals surface area contributed by atoms with Gasteiger partial charge in [-0.15, -0.1) is 0 Å². The van der Waals surface area contributed by atoms with Gasteiger partial charge in [0.25, 0.3) is 0 Å². The number of fused-ring (bicyclic) bond motifs is 1. The van der Waals surface area contributed by atoms with E-state index in [1.54, 1.807) is 44.3 Å². The van der Waals surface area contributed by atoms with E-state index in [2.05, 4.69) is 52.5 Å². The van der Waals surface area contributed by atoms with Gasteiger partial charge in [0, 0.05) is 36.5 Å². The third kappa shape index (κ3) is 21.4. The molecular formula is C54H83N13O13. The highest BCUT2D eigenvalue weighted by molar-refractivity contribution is 5.98. The number of nitrogens with zero attached hydrogens (tertiary/aromatic N) is 1. The maximum atomic E-state index is 14.7. The number of nitrogens with two attached hydrogens (primary N) is 3. The van der Waals surface area contributed by atoms with E-state index in [1.165, 1.54) is 31.2 Å². The van der Waals surface area contributed by atoms with Gasteiger partial charge in [-0.3, -0.25) is 43.3 Å². The van der Waals surface area contributed by atoms with E-state index in [-0.39, 0.29) is 62.2 Å². The van der Waals surface area contributed by atoms with Crippen LogP contribution in [-0.4, -0.2) is 158 Å². The van der Waals surface area contributed by atoms with Crippen molar-refractivity contribution in [3.05, 3.63) is 65.9 Å². The number of guanidine groups is 1. The number of hydrogen-bond donors (Lipinski definition) is 16. The predicted octanol–water partition coefficient (Wildman–Crippen LogP) is -1.47. The molecule has 80 heavy (non-hydrogen) atoms. The molecule has 19 N–H and O–H groups in total. The van der Waals surface area contributed by atoms with E-state index in [1.807, 2.05) is 27.7 Å². The van der Waals surface area contributed by atoms with Crippen molar-refractivity contribution in [3.8, 4) is 5.75 Å². The van der Waals surface area contributed by atoms with Crippen LogP contribution in [0.4, 0.5) is 0 Å². The van der Waals surface area contributed by atoms with E-state index in [4.69, 9.17) is 17.2 Å². The summed E-state index contributed by atoms with van der Waals surface area (Å²) in [5.41, 5.74) is 18.5. The molecule has 0 bridgehead atoms. The summed E-state index contributed by atoms with van der Waals surface area (Å²) in [5, 5.41) is 61.4. The second-order valence-corrected chi connectivity index (χ2v) is 20.9. The molecule has 0 aliphatic carbocycles. The fraction of sp³-hybridized carbons (Fsp3) is 0.556. The number of carbonyl (C=O) groups excluding carboxylic acids is 8. The zero-order valence-corrected chi connectivity index (χ0v) is 46.7. The first-order valence-corrected chi connectivity index (χ1v) is 26.7. The lowest BCUT2D eigenvalue weighted by Crippen LogP contribution is -2.62. The van der Waals surface area contributed by atoms with Crippen LogP contribution in [0.15, 0.2) is 59.7 Å². The highest BCUT2D eigenvalue weighted by Gasteiger charge is 2.37. The first-order valence-electron chi connectivity index (χ1n) is 26.7. The average molecular weight is 1120 g/mol. The second-order valence-electron chi connectivity index (χ2n) is 20.9. The van der Waals surface area contributed by atoms with Gasteiger partial charge in [-0.05, 0) is 86.6 Å². The number of aromatic amines is 1. The Hall–Kier alpha value is -7.84. The number of benzene rings is 2. The lowest BCUT2D eigenvalue weighted by atomic mass is 9.95. The number of rotatable bonds is 33. The fourth-order valence-electron chi connectivity index (χ4n) is 8.44. The van der Waals surface area contributed by atoms with Crippen molar-refractivity contribution in [2.45, 2.75) is 161 Å². The van der Waals surface area contributed by atoms with Crippen LogP contribution >= 0.6 is 0 Å². The molecule has 11 atom stereocenters. The van der Waals surface area contributed by atoms with Crippen LogP contribution in [0.5, 0.6) is 5.75 Å². The van der Waals surface area contributed by atoms with E-state index >= 15 is 0 Å². The molecule has 3 rings (SSSR count). The van der Waals surface area contributed by atoms with E-state index in [0.717, 1.165) is 6.92 Å². The Morgan fingerprint density at radius 1 is 0.613 bits per heavy atom. The van der Waals surface area contributed by atoms with Gasteiger partial charge >= 0.3 is 5.97 Å². The SMILES string of the molecule is CCC(C)C(NC(=O)C(CC(C)C)NC(=O)C(N)CC(C)C)C(=O)NC(Cc1ccc(O)cc1)C(=O)NC(Cc1c[nH]c2ccccc12)C(=O)NC(C)C(=O)NC(CO)C(=O)NC(C(=O)NC(CCCN=C(N)N)C(=O)O)C(C)O. The van der Waals surface area contributed by atoms with Crippen molar-refractivity contribution in [1.82, 2.24) is 47.5 Å². The number of aliphatic hydroxyl groups excluding tert-OH is 2. The molecule has 3 aromatic rings. The molecule has 26 nitrogen and oxygen atoms in total. The third-order valence-corrected chi connectivity index (χ3v) is 13.1. The minimum Gasteiger partial charge on any atom is -0.508 e. The number of phenolic OH excluding ortho intramolecular Hbond substituents is 1. The number of hydrogen-bond acceptors (Lipinski definition) is 14. The van der Waals surface area contributed by atoms with Crippen molar-refractivity contribution < 1.29 is 63.6 Å². The highest BCUT2D eigenvalue weighted by atomic mass is 16.4. The first-order chi connectivity index (χ1) is 37.6. The summed E-state index contributed by atoms with van der Waals surface area (Å²) in [6.45, 7) is 12.5. The molecule has 0 saturated carbocycles. The van der Waals surface area contributed by atoms with Crippen LogP contribution in [0.25, 0.3) is 10.9 Å². The number of aliphatic imine (C=N–C) groups is 1. The van der Waals surface area contributed by atoms with Crippen molar-refractivity contribution in [3.63, 3.8) is 0 Å². The second kappa shape index (κ2) is 32.3. The maximum Gasteiger partial charge on any atom is 0.326 e. The van der Waals surface area contributed by atoms with Gasteiger partial charge < -0.3 is 85.1 Å². The minimum absolute atomic E-state index is 0.0551. The molecule has 0 saturated heterocycles. The predicted molar refractivity (Wildman–Crippen MR) is 298 cm³/mol. The van der Waals surface area contributed by atoms with Gasteiger partial charge in [0.05, 0.1) is 18.8 Å². The zero-order chi connectivity index (χ0) is 60.0. The fourth-order valence-corrected chi connectivity index (χ4v) is 8.44. The van der Waals surface area contributed by atoms with Crippen molar-refractivity contribution >= 4 is 70.1 Å². The van der Waals surface area contributed by atoms with Gasteiger partial charge in [-0.25, -0.2) is 4.79 Å². The van der Waals surface area contributed by atoms with Crippen molar-refractivity contribution in [2.24, 2.45) is 39.9 Å². The lowest BCUT2D eigenvalue weighted by molar-refractivity contribution is -0.143. The number of carbonyl (C=O) groups is 9. The lowest BCUT2D eigenvalue weighted by Gasteiger charge is -2.30. The van der Waals surface area contributed by atoms with E-state index in [9.17, 15) is 63.6 Å². The van der Waals surface area contributed by atoms with Crippen LogP contribution in [0.3, 0.4) is 0 Å². The Kier molecular flexibility index (Phi) is 26.8. The largest absolute Gasteiger partial charge is 0.508 e. The number of para-hydroxylation sites is 1. The number of carboxylic acids is 1. The molecule has 0 radical (unpaired) electrons. The number of aromatic nitrogens is 1. The number of H-pyrrole nitrogens is 1. The number of aliphatic carboxylic acids is 1. The smallest absolute Gasteiger partial charge is 0.326 e. The Bertz CT molecular complexity index is 2600. The molecule has 0 aliphatic heterocycles. The zero-order valence-electron chi connectivity index (χ0n) is 46.7. The molecular weight excluding hydrogens is 1040 g/mol. The molecule has 26 heteroatoms. The number of aliphatic hydroxyl groups is 2. The van der Waals surface area contributed by atoms with Gasteiger partial charge in [-0.2, -0.15) is 0 Å². The molecule has 0 fully saturated rings. The van der Waals surface area contributed by atoms with Crippen LogP contribution < -0.4 is 59.7 Å². The third-order valence-electron chi connectivity index (χ3n) is 13.1. The summed E-state index contributed by atoms with van der Waals surface area (Å²) in [7, 11) is 0. The number of nitrogens with one attached hydrogen (secondary N) is 9. The maximum absolute atomic E-state index is 14.7. The number of phenols is 1. The molecule has 1 heterocycles. The number of amides is 8. The molecule has 0 spiro atoms. The summed E-state index contributed by atoms with van der Waals surface area (Å²) >= 11 is 0. The summed E-state index contributed by atoms with van der Waals surface area (Å²) in [6, 6.07) is 0.432. The number of carboxylic acid groups (broad SMARTS) is 1. The molecule has 0 aliphatic rings. The molecule has 2 aromatic carbocycles. The Morgan fingerprint density at radius 3 is 1.73 bits per heavy atom. The molecule has 8 amide bonds. The Morgan fingerprint density at radius 2 is 1.14 bits per heavy atom.